The van der Waals surface area contributed by atoms with Gasteiger partial charge in [-0.25, -0.2) is 0 Å². The number of rotatable bonds is 6. The van der Waals surface area contributed by atoms with Crippen molar-refractivity contribution in [2.24, 2.45) is 0 Å². The predicted molar refractivity (Wildman–Crippen MR) is 101 cm³/mol. The van der Waals surface area contributed by atoms with Gasteiger partial charge in [0.25, 0.3) is 0 Å². The van der Waals surface area contributed by atoms with E-state index in [1.54, 1.807) is 55.0 Å². The summed E-state index contributed by atoms with van der Waals surface area (Å²) < 4.78 is 12.3. The zero-order valence-electron chi connectivity index (χ0n) is 14.0. The number of aromatic nitrogens is 3. The topological polar surface area (TPSA) is 70.2 Å². The average molecular weight is 412 g/mol. The fourth-order valence-electron chi connectivity index (χ4n) is 2.23. The van der Waals surface area contributed by atoms with Gasteiger partial charge in [-0.2, -0.15) is 0 Å². The summed E-state index contributed by atoms with van der Waals surface area (Å²) in [6.07, 6.45) is 1.55. The summed E-state index contributed by atoms with van der Waals surface area (Å²) in [5.74, 6) is 0.715. The number of esters is 1. The number of halogens is 2. The van der Waals surface area contributed by atoms with Gasteiger partial charge in [0.1, 0.15) is 5.25 Å². The van der Waals surface area contributed by atoms with Crippen molar-refractivity contribution in [2.75, 3.05) is 6.61 Å². The molecule has 0 amide bonds. The largest absolute Gasteiger partial charge is 0.465 e. The number of carbonyl (C=O) groups is 1. The van der Waals surface area contributed by atoms with Crippen LogP contribution in [0.25, 0.3) is 17.3 Å². The molecule has 136 valence electrons. The van der Waals surface area contributed by atoms with Crippen LogP contribution in [0, 0.1) is 0 Å². The fraction of sp³-hybridized carbons (Fsp3) is 0.235. The summed E-state index contributed by atoms with van der Waals surface area (Å²) in [6, 6.07) is 8.73. The van der Waals surface area contributed by atoms with Crippen LogP contribution in [0.5, 0.6) is 0 Å². The summed E-state index contributed by atoms with van der Waals surface area (Å²) in [7, 11) is 0. The number of hydrogen-bond donors (Lipinski definition) is 0. The molecule has 0 aliphatic carbocycles. The van der Waals surface area contributed by atoms with Crippen LogP contribution in [0.4, 0.5) is 0 Å². The summed E-state index contributed by atoms with van der Waals surface area (Å²) in [5.41, 5.74) is 0.703. The van der Waals surface area contributed by atoms with E-state index < -0.39 is 5.25 Å². The second-order valence-electron chi connectivity index (χ2n) is 5.23. The molecular formula is C17H15Cl2N3O3S. The zero-order valence-corrected chi connectivity index (χ0v) is 16.3. The van der Waals surface area contributed by atoms with Crippen LogP contribution in [-0.4, -0.2) is 32.6 Å². The first-order chi connectivity index (χ1) is 12.5. The molecule has 0 aliphatic heterocycles. The van der Waals surface area contributed by atoms with Gasteiger partial charge in [0, 0.05) is 0 Å². The van der Waals surface area contributed by atoms with E-state index in [1.807, 2.05) is 0 Å². The van der Waals surface area contributed by atoms with Crippen LogP contribution >= 0.6 is 35.0 Å². The molecule has 0 unspecified atom stereocenters. The van der Waals surface area contributed by atoms with Crippen LogP contribution in [0.15, 0.2) is 46.2 Å². The summed E-state index contributed by atoms with van der Waals surface area (Å²) in [6.45, 7) is 3.84. The van der Waals surface area contributed by atoms with Gasteiger partial charge in [-0.05, 0) is 44.2 Å². The van der Waals surface area contributed by atoms with E-state index >= 15 is 0 Å². The molecule has 6 nitrogen and oxygen atoms in total. The minimum absolute atomic E-state index is 0.319. The number of ether oxygens (including phenoxy) is 1. The van der Waals surface area contributed by atoms with Gasteiger partial charge in [-0.15, -0.1) is 10.2 Å². The Hall–Kier alpha value is -1.96. The van der Waals surface area contributed by atoms with Crippen molar-refractivity contribution < 1.29 is 13.9 Å². The van der Waals surface area contributed by atoms with E-state index in [1.165, 1.54) is 11.8 Å². The molecule has 0 spiro atoms. The van der Waals surface area contributed by atoms with Crippen molar-refractivity contribution in [2.45, 2.75) is 24.3 Å². The number of carbonyl (C=O) groups excluding carboxylic acids is 1. The third kappa shape index (κ3) is 3.90. The molecule has 0 N–H and O–H groups in total. The van der Waals surface area contributed by atoms with Gasteiger partial charge >= 0.3 is 5.97 Å². The minimum atomic E-state index is -0.454. The lowest BCUT2D eigenvalue weighted by atomic mass is 10.3. The van der Waals surface area contributed by atoms with Crippen LogP contribution in [0.3, 0.4) is 0 Å². The Bertz CT molecular complexity index is 912. The van der Waals surface area contributed by atoms with Crippen molar-refractivity contribution in [1.82, 2.24) is 14.8 Å². The molecule has 3 aromatic rings. The number of nitrogens with zero attached hydrogens (tertiary/aromatic N) is 3. The van der Waals surface area contributed by atoms with Crippen molar-refractivity contribution in [3.63, 3.8) is 0 Å². The maximum atomic E-state index is 12.0. The zero-order chi connectivity index (χ0) is 18.7. The number of hydrogen-bond acceptors (Lipinski definition) is 6. The van der Waals surface area contributed by atoms with Gasteiger partial charge in [0.05, 0.1) is 28.6 Å². The Morgan fingerprint density at radius 3 is 2.77 bits per heavy atom. The van der Waals surface area contributed by atoms with Gasteiger partial charge in [0.15, 0.2) is 10.9 Å². The van der Waals surface area contributed by atoms with Crippen LogP contribution in [0.1, 0.15) is 13.8 Å². The highest BCUT2D eigenvalue weighted by molar-refractivity contribution is 8.00. The van der Waals surface area contributed by atoms with Crippen LogP contribution in [-0.2, 0) is 9.53 Å². The molecular weight excluding hydrogens is 397 g/mol. The van der Waals surface area contributed by atoms with E-state index in [0.717, 1.165) is 0 Å². The molecule has 0 radical (unpaired) electrons. The number of thioether (sulfide) groups is 1. The first-order valence-electron chi connectivity index (χ1n) is 7.79. The van der Waals surface area contributed by atoms with E-state index in [0.29, 0.717) is 39.1 Å². The molecule has 0 fully saturated rings. The fourth-order valence-corrected chi connectivity index (χ4v) is 3.39. The second kappa shape index (κ2) is 8.16. The van der Waals surface area contributed by atoms with Crippen molar-refractivity contribution in [1.29, 1.82) is 0 Å². The summed E-state index contributed by atoms with van der Waals surface area (Å²) >= 11 is 13.4. The van der Waals surface area contributed by atoms with E-state index in [4.69, 9.17) is 32.4 Å². The molecule has 1 aromatic carbocycles. The lowest BCUT2D eigenvalue weighted by Gasteiger charge is -2.13. The lowest BCUT2D eigenvalue weighted by Crippen LogP contribution is -2.17. The van der Waals surface area contributed by atoms with E-state index in [9.17, 15) is 4.79 Å². The Kier molecular flexibility index (Phi) is 5.90. The standard InChI is InChI=1S/C17H15Cl2N3O3S/c1-3-24-16(23)10(2)26-17-21-20-15(14-5-4-8-25-14)22(17)11-6-7-12(18)13(19)9-11/h4-10H,3H2,1-2H3/t10-/m1/s1. The van der Waals surface area contributed by atoms with Crippen LogP contribution in [0.2, 0.25) is 10.0 Å². The molecule has 0 aliphatic rings. The Labute approximate surface area is 164 Å². The van der Waals surface area contributed by atoms with Gasteiger partial charge in [0.2, 0.25) is 5.82 Å². The molecule has 0 saturated heterocycles. The predicted octanol–water partition coefficient (Wildman–Crippen LogP) is 4.88. The number of benzene rings is 1. The Morgan fingerprint density at radius 2 is 2.12 bits per heavy atom. The second-order valence-corrected chi connectivity index (χ2v) is 7.35. The number of furan rings is 1. The van der Waals surface area contributed by atoms with Crippen molar-refractivity contribution >= 4 is 40.9 Å². The molecule has 2 aromatic heterocycles. The highest BCUT2D eigenvalue weighted by Crippen LogP contribution is 2.33. The molecule has 0 bridgehead atoms. The van der Waals surface area contributed by atoms with Gasteiger partial charge in [-0.1, -0.05) is 35.0 Å². The first-order valence-corrected chi connectivity index (χ1v) is 9.42. The molecule has 9 heteroatoms. The first kappa shape index (κ1) is 18.8. The third-order valence-corrected chi connectivity index (χ3v) is 5.20. The summed E-state index contributed by atoms with van der Waals surface area (Å²) in [4.78, 5) is 12.0. The highest BCUT2D eigenvalue weighted by atomic mass is 35.5. The van der Waals surface area contributed by atoms with Gasteiger partial charge < -0.3 is 9.15 Å². The molecule has 1 atom stereocenters. The maximum absolute atomic E-state index is 12.0. The normalized spacial score (nSPS) is 12.2. The average Bonchev–Trinajstić information content (AvgIpc) is 3.27. The van der Waals surface area contributed by atoms with E-state index in [2.05, 4.69) is 10.2 Å². The van der Waals surface area contributed by atoms with Crippen molar-refractivity contribution in [3.05, 3.63) is 46.6 Å². The molecule has 2 heterocycles. The Morgan fingerprint density at radius 1 is 1.31 bits per heavy atom. The summed E-state index contributed by atoms with van der Waals surface area (Å²) in [5, 5.41) is 9.33. The van der Waals surface area contributed by atoms with E-state index in [-0.39, 0.29) is 5.97 Å². The van der Waals surface area contributed by atoms with Crippen molar-refractivity contribution in [3.8, 4) is 17.3 Å². The molecule has 26 heavy (non-hydrogen) atoms. The molecule has 0 saturated carbocycles. The Balaban J connectivity index is 2.05. The lowest BCUT2D eigenvalue weighted by molar-refractivity contribution is -0.142. The maximum Gasteiger partial charge on any atom is 0.319 e. The monoisotopic (exact) mass is 411 g/mol. The quantitative estimate of drug-likeness (QED) is 0.425. The minimum Gasteiger partial charge on any atom is -0.465 e. The third-order valence-electron chi connectivity index (χ3n) is 3.44. The van der Waals surface area contributed by atoms with Crippen LogP contribution < -0.4 is 0 Å². The smallest absolute Gasteiger partial charge is 0.319 e. The molecule has 3 rings (SSSR count). The SMILES string of the molecule is CCOC(=O)[C@@H](C)Sc1nnc(-c2ccco2)n1-c1ccc(Cl)c(Cl)c1. The highest BCUT2D eigenvalue weighted by Gasteiger charge is 2.23. The van der Waals surface area contributed by atoms with Gasteiger partial charge in [-0.3, -0.25) is 9.36 Å².